The van der Waals surface area contributed by atoms with Crippen LogP contribution in [0.2, 0.25) is 0 Å². The van der Waals surface area contributed by atoms with E-state index in [2.05, 4.69) is 0 Å². The SMILES string of the molecule is CC(C)(C)N(CCCc1cccs1)C(=O)C(=O)O. The number of carbonyl (C=O) groups is 2. The zero-order chi connectivity index (χ0) is 13.8. The van der Waals surface area contributed by atoms with Crippen molar-refractivity contribution in [2.45, 2.75) is 39.2 Å². The molecule has 0 unspecified atom stereocenters. The molecule has 1 N–H and O–H groups in total. The average molecular weight is 269 g/mol. The normalized spacial score (nSPS) is 11.3. The zero-order valence-electron chi connectivity index (χ0n) is 11.0. The number of hydrogen-bond acceptors (Lipinski definition) is 3. The van der Waals surface area contributed by atoms with Gasteiger partial charge in [-0.05, 0) is 45.1 Å². The van der Waals surface area contributed by atoms with E-state index in [1.54, 1.807) is 11.3 Å². The summed E-state index contributed by atoms with van der Waals surface area (Å²) in [5.74, 6) is -2.21. The largest absolute Gasteiger partial charge is 0.474 e. The minimum atomic E-state index is -1.39. The second-order valence-electron chi connectivity index (χ2n) is 5.12. The molecule has 4 nitrogen and oxygen atoms in total. The summed E-state index contributed by atoms with van der Waals surface area (Å²) in [6.07, 6.45) is 1.65. The number of aliphatic carboxylic acids is 1. The number of carboxylic acid groups (broad SMARTS) is 1. The van der Waals surface area contributed by atoms with Gasteiger partial charge in [0, 0.05) is 17.0 Å². The molecule has 18 heavy (non-hydrogen) atoms. The first-order chi connectivity index (χ1) is 8.32. The van der Waals surface area contributed by atoms with Crippen LogP contribution in [0.25, 0.3) is 0 Å². The number of hydrogen-bond donors (Lipinski definition) is 1. The summed E-state index contributed by atoms with van der Waals surface area (Å²) in [5.41, 5.74) is -0.467. The molecule has 0 saturated carbocycles. The molecule has 1 aromatic heterocycles. The van der Waals surface area contributed by atoms with Crippen LogP contribution in [-0.2, 0) is 16.0 Å². The molecule has 0 aromatic carbocycles. The van der Waals surface area contributed by atoms with Gasteiger partial charge in [-0.15, -0.1) is 11.3 Å². The van der Waals surface area contributed by atoms with Crippen molar-refractivity contribution in [1.82, 2.24) is 4.90 Å². The van der Waals surface area contributed by atoms with E-state index in [0.717, 1.165) is 12.8 Å². The molecule has 0 spiro atoms. The third kappa shape index (κ3) is 4.14. The fourth-order valence-electron chi connectivity index (χ4n) is 1.72. The Hall–Kier alpha value is -1.36. The molecular weight excluding hydrogens is 250 g/mol. The second kappa shape index (κ2) is 6.00. The Balaban J connectivity index is 2.57. The molecule has 0 fully saturated rings. The van der Waals surface area contributed by atoms with Gasteiger partial charge in [0.05, 0.1) is 0 Å². The highest BCUT2D eigenvalue weighted by Crippen LogP contribution is 2.16. The second-order valence-corrected chi connectivity index (χ2v) is 6.15. The van der Waals surface area contributed by atoms with Gasteiger partial charge in [0.1, 0.15) is 0 Å². The van der Waals surface area contributed by atoms with Gasteiger partial charge in [-0.3, -0.25) is 4.79 Å². The van der Waals surface area contributed by atoms with Crippen LogP contribution in [0.1, 0.15) is 32.1 Å². The van der Waals surface area contributed by atoms with Crippen molar-refractivity contribution in [3.05, 3.63) is 22.4 Å². The quantitative estimate of drug-likeness (QED) is 0.854. The predicted molar refractivity (Wildman–Crippen MR) is 71.7 cm³/mol. The Bertz CT molecular complexity index is 406. The Morgan fingerprint density at radius 1 is 1.39 bits per heavy atom. The number of thiophene rings is 1. The number of amides is 1. The molecule has 0 aliphatic rings. The Morgan fingerprint density at radius 3 is 2.50 bits per heavy atom. The highest BCUT2D eigenvalue weighted by molar-refractivity contribution is 7.09. The average Bonchev–Trinajstić information content (AvgIpc) is 2.74. The first kappa shape index (κ1) is 14.7. The van der Waals surface area contributed by atoms with Gasteiger partial charge in [-0.25, -0.2) is 4.79 Å². The minimum Gasteiger partial charge on any atom is -0.474 e. The van der Waals surface area contributed by atoms with Crippen LogP contribution >= 0.6 is 11.3 Å². The molecule has 0 radical (unpaired) electrons. The summed E-state index contributed by atoms with van der Waals surface area (Å²) >= 11 is 1.68. The molecule has 1 aromatic rings. The fraction of sp³-hybridized carbons (Fsp3) is 0.538. The topological polar surface area (TPSA) is 57.6 Å². The van der Waals surface area contributed by atoms with E-state index in [-0.39, 0.29) is 0 Å². The monoisotopic (exact) mass is 269 g/mol. The van der Waals surface area contributed by atoms with Gasteiger partial charge in [-0.1, -0.05) is 6.07 Å². The highest BCUT2D eigenvalue weighted by atomic mass is 32.1. The summed E-state index contributed by atoms with van der Waals surface area (Å²) in [4.78, 5) is 25.1. The maximum atomic E-state index is 11.6. The van der Waals surface area contributed by atoms with Crippen molar-refractivity contribution in [2.24, 2.45) is 0 Å². The molecule has 1 rings (SSSR count). The lowest BCUT2D eigenvalue weighted by Gasteiger charge is -2.34. The van der Waals surface area contributed by atoms with Crippen molar-refractivity contribution in [3.63, 3.8) is 0 Å². The Labute approximate surface area is 111 Å². The lowest BCUT2D eigenvalue weighted by atomic mass is 10.0. The van der Waals surface area contributed by atoms with Crippen LogP contribution in [0.15, 0.2) is 17.5 Å². The standard InChI is InChI=1S/C13H19NO3S/c1-13(2,3)14(11(15)12(16)17)8-4-6-10-7-5-9-18-10/h5,7,9H,4,6,8H2,1-3H3,(H,16,17). The van der Waals surface area contributed by atoms with Crippen molar-refractivity contribution in [2.75, 3.05) is 6.54 Å². The Kier molecular flexibility index (Phi) is 4.90. The van der Waals surface area contributed by atoms with E-state index in [1.165, 1.54) is 9.78 Å². The molecule has 0 saturated heterocycles. The van der Waals surface area contributed by atoms with Crippen LogP contribution < -0.4 is 0 Å². The molecule has 1 amide bonds. The van der Waals surface area contributed by atoms with E-state index in [9.17, 15) is 9.59 Å². The van der Waals surface area contributed by atoms with Gasteiger partial charge in [0.15, 0.2) is 0 Å². The molecule has 100 valence electrons. The summed E-state index contributed by atoms with van der Waals surface area (Å²) in [6, 6.07) is 4.04. The summed E-state index contributed by atoms with van der Waals surface area (Å²) in [6.45, 7) is 6.00. The van der Waals surface area contributed by atoms with Crippen molar-refractivity contribution >= 4 is 23.2 Å². The van der Waals surface area contributed by atoms with Gasteiger partial charge in [-0.2, -0.15) is 0 Å². The number of carbonyl (C=O) groups excluding carboxylic acids is 1. The lowest BCUT2D eigenvalue weighted by Crippen LogP contribution is -2.49. The first-order valence-corrected chi connectivity index (χ1v) is 6.77. The molecule has 5 heteroatoms. The maximum Gasteiger partial charge on any atom is 0.394 e. The van der Waals surface area contributed by atoms with Gasteiger partial charge in [0.25, 0.3) is 0 Å². The zero-order valence-corrected chi connectivity index (χ0v) is 11.8. The van der Waals surface area contributed by atoms with Crippen LogP contribution in [0.4, 0.5) is 0 Å². The third-order valence-electron chi connectivity index (χ3n) is 2.62. The number of rotatable bonds is 4. The first-order valence-electron chi connectivity index (χ1n) is 5.89. The van der Waals surface area contributed by atoms with Crippen LogP contribution in [0, 0.1) is 0 Å². The number of carboxylic acids is 1. The molecule has 0 aliphatic carbocycles. The molecule has 0 bridgehead atoms. The molecule has 0 atom stereocenters. The van der Waals surface area contributed by atoms with Crippen molar-refractivity contribution in [3.8, 4) is 0 Å². The van der Waals surface area contributed by atoms with Gasteiger partial charge < -0.3 is 10.0 Å². The van der Waals surface area contributed by atoms with Crippen molar-refractivity contribution < 1.29 is 14.7 Å². The van der Waals surface area contributed by atoms with Gasteiger partial charge >= 0.3 is 11.9 Å². The fourth-order valence-corrected chi connectivity index (χ4v) is 2.47. The molecule has 1 heterocycles. The summed E-state index contributed by atoms with van der Waals surface area (Å²) in [7, 11) is 0. The van der Waals surface area contributed by atoms with E-state index in [0.29, 0.717) is 6.54 Å². The lowest BCUT2D eigenvalue weighted by molar-refractivity contribution is -0.158. The summed E-state index contributed by atoms with van der Waals surface area (Å²) < 4.78 is 0. The van der Waals surface area contributed by atoms with Crippen LogP contribution in [0.3, 0.4) is 0 Å². The third-order valence-corrected chi connectivity index (χ3v) is 3.56. The number of nitrogens with zero attached hydrogens (tertiary/aromatic N) is 1. The van der Waals surface area contributed by atoms with E-state index in [4.69, 9.17) is 5.11 Å². The smallest absolute Gasteiger partial charge is 0.394 e. The van der Waals surface area contributed by atoms with E-state index in [1.807, 2.05) is 38.3 Å². The predicted octanol–water partition coefficient (Wildman–Crippen LogP) is 2.39. The van der Waals surface area contributed by atoms with E-state index >= 15 is 0 Å². The van der Waals surface area contributed by atoms with Crippen molar-refractivity contribution in [1.29, 1.82) is 0 Å². The van der Waals surface area contributed by atoms with Crippen LogP contribution in [0.5, 0.6) is 0 Å². The molecular formula is C13H19NO3S. The van der Waals surface area contributed by atoms with Gasteiger partial charge in [0.2, 0.25) is 0 Å². The minimum absolute atomic E-state index is 0.465. The van der Waals surface area contributed by atoms with Crippen LogP contribution in [-0.4, -0.2) is 34.0 Å². The van der Waals surface area contributed by atoms with E-state index < -0.39 is 17.4 Å². The summed E-state index contributed by atoms with van der Waals surface area (Å²) in [5, 5.41) is 10.8. The maximum absolute atomic E-state index is 11.6. The highest BCUT2D eigenvalue weighted by Gasteiger charge is 2.30. The number of aryl methyl sites for hydroxylation is 1. The molecule has 0 aliphatic heterocycles. The Morgan fingerprint density at radius 2 is 2.06 bits per heavy atom.